The summed E-state index contributed by atoms with van der Waals surface area (Å²) in [6.07, 6.45) is 0. The molecule has 2 aliphatic rings. The third kappa shape index (κ3) is 4.46. The van der Waals surface area contributed by atoms with Crippen LogP contribution in [0.15, 0.2) is 47.5 Å². The number of hydrogen-bond donors (Lipinski definition) is 2. The molecule has 2 atom stereocenters. The molecule has 2 heterocycles. The number of thioether (sulfide) groups is 1. The van der Waals surface area contributed by atoms with Gasteiger partial charge in [0.05, 0.1) is 24.7 Å². The van der Waals surface area contributed by atoms with Gasteiger partial charge in [0.25, 0.3) is 5.91 Å². The normalized spacial score (nSPS) is 21.6. The van der Waals surface area contributed by atoms with E-state index >= 15 is 0 Å². The molecule has 0 aromatic heterocycles. The van der Waals surface area contributed by atoms with Crippen LogP contribution in [-0.2, 0) is 16.4 Å². The Bertz CT molecular complexity index is 1110. The standard InChI is InChI=1S/C21H23N3O4S2/c1-13-7-8-14(20(25)22-10-15-5-3-4-6-18(15)28-2)9-16(13)23-21-24-17-11-30(26,27)12-19(17)29-21/h3-9,17,19H,10-12H2,1-2H3,(H,22,25)(H,23,24)/t17-,19+/m0/s1. The van der Waals surface area contributed by atoms with Crippen molar-refractivity contribution in [1.82, 2.24) is 5.32 Å². The van der Waals surface area contributed by atoms with Gasteiger partial charge in [0, 0.05) is 28.6 Å². The smallest absolute Gasteiger partial charge is 0.251 e. The average Bonchev–Trinajstić information content (AvgIpc) is 3.20. The van der Waals surface area contributed by atoms with E-state index in [1.807, 2.05) is 37.3 Å². The number of amides is 1. The lowest BCUT2D eigenvalue weighted by Crippen LogP contribution is -2.23. The van der Waals surface area contributed by atoms with Crippen molar-refractivity contribution in [2.45, 2.75) is 24.8 Å². The largest absolute Gasteiger partial charge is 0.496 e. The molecule has 0 unspecified atom stereocenters. The summed E-state index contributed by atoms with van der Waals surface area (Å²) >= 11 is 1.46. The van der Waals surface area contributed by atoms with Crippen LogP contribution in [0, 0.1) is 6.92 Å². The molecule has 1 saturated heterocycles. The summed E-state index contributed by atoms with van der Waals surface area (Å²) in [5.74, 6) is 0.822. The predicted octanol–water partition coefficient (Wildman–Crippen LogP) is 2.61. The number of benzene rings is 2. The fourth-order valence-electron chi connectivity index (χ4n) is 3.56. The van der Waals surface area contributed by atoms with Crippen molar-refractivity contribution in [3.8, 4) is 5.75 Å². The number of carbonyl (C=O) groups is 1. The molecule has 1 amide bonds. The first-order valence-corrected chi connectivity index (χ1v) is 12.3. The van der Waals surface area contributed by atoms with E-state index in [-0.39, 0.29) is 28.7 Å². The zero-order valence-electron chi connectivity index (χ0n) is 16.7. The zero-order valence-corrected chi connectivity index (χ0v) is 18.3. The average molecular weight is 446 g/mol. The van der Waals surface area contributed by atoms with Crippen LogP contribution in [0.3, 0.4) is 0 Å². The maximum absolute atomic E-state index is 12.7. The number of aliphatic imine (C=N–C) groups is 1. The Kier molecular flexibility index (Phi) is 5.75. The highest BCUT2D eigenvalue weighted by Crippen LogP contribution is 2.35. The summed E-state index contributed by atoms with van der Waals surface area (Å²) < 4.78 is 28.8. The van der Waals surface area contributed by atoms with E-state index in [0.29, 0.717) is 17.3 Å². The minimum Gasteiger partial charge on any atom is -0.496 e. The molecule has 9 heteroatoms. The van der Waals surface area contributed by atoms with Crippen LogP contribution >= 0.6 is 11.8 Å². The molecule has 2 N–H and O–H groups in total. The minimum atomic E-state index is -2.98. The van der Waals surface area contributed by atoms with Gasteiger partial charge in [0.15, 0.2) is 15.0 Å². The third-order valence-corrected chi connectivity index (χ3v) is 8.33. The molecule has 1 fully saturated rings. The van der Waals surface area contributed by atoms with Crippen molar-refractivity contribution < 1.29 is 17.9 Å². The quantitative estimate of drug-likeness (QED) is 0.734. The zero-order chi connectivity index (χ0) is 21.3. The van der Waals surface area contributed by atoms with Gasteiger partial charge in [-0.15, -0.1) is 0 Å². The Labute approximate surface area is 180 Å². The number of fused-ring (bicyclic) bond motifs is 1. The number of nitrogens with zero attached hydrogens (tertiary/aromatic N) is 1. The van der Waals surface area contributed by atoms with E-state index in [2.05, 4.69) is 15.6 Å². The fourth-order valence-corrected chi connectivity index (χ4v) is 7.22. The van der Waals surface area contributed by atoms with E-state index < -0.39 is 9.84 Å². The van der Waals surface area contributed by atoms with Gasteiger partial charge >= 0.3 is 0 Å². The predicted molar refractivity (Wildman–Crippen MR) is 120 cm³/mol. The van der Waals surface area contributed by atoms with Gasteiger partial charge in [0.2, 0.25) is 0 Å². The molecule has 2 aliphatic heterocycles. The molecule has 0 aliphatic carbocycles. The third-order valence-electron chi connectivity index (χ3n) is 5.19. The van der Waals surface area contributed by atoms with Gasteiger partial charge in [-0.2, -0.15) is 0 Å². The number of rotatable bonds is 5. The second-order valence-corrected chi connectivity index (χ2v) is 10.8. The molecule has 7 nitrogen and oxygen atoms in total. The minimum absolute atomic E-state index is 0.0230. The van der Waals surface area contributed by atoms with Crippen LogP contribution in [0.1, 0.15) is 21.5 Å². The van der Waals surface area contributed by atoms with Gasteiger partial charge in [-0.25, -0.2) is 8.42 Å². The van der Waals surface area contributed by atoms with Crippen LogP contribution in [0.2, 0.25) is 0 Å². The second-order valence-electron chi connectivity index (χ2n) is 7.38. The molecule has 0 spiro atoms. The summed E-state index contributed by atoms with van der Waals surface area (Å²) in [6.45, 7) is 2.31. The first kappa shape index (κ1) is 20.7. The number of aryl methyl sites for hydroxylation is 1. The molecule has 0 saturated carbocycles. The van der Waals surface area contributed by atoms with E-state index in [1.165, 1.54) is 11.8 Å². The van der Waals surface area contributed by atoms with Crippen molar-refractivity contribution in [1.29, 1.82) is 0 Å². The van der Waals surface area contributed by atoms with Gasteiger partial charge in [-0.05, 0) is 30.7 Å². The molecule has 4 rings (SSSR count). The molecule has 2 aromatic rings. The SMILES string of the molecule is COc1ccccc1CNC(=O)c1ccc(C)c(NC2=N[C@H]3CS(=O)(=O)C[C@H]3S2)c1. The van der Waals surface area contributed by atoms with E-state index in [9.17, 15) is 13.2 Å². The monoisotopic (exact) mass is 445 g/mol. The lowest BCUT2D eigenvalue weighted by atomic mass is 10.1. The molecular formula is C21H23N3O4S2. The Morgan fingerprint density at radius 2 is 2.03 bits per heavy atom. The van der Waals surface area contributed by atoms with Crippen LogP contribution in [0.4, 0.5) is 5.69 Å². The first-order chi connectivity index (χ1) is 14.3. The molecule has 0 radical (unpaired) electrons. The number of ether oxygens (including phenoxy) is 1. The van der Waals surface area contributed by atoms with Crippen molar-refractivity contribution in [2.24, 2.45) is 4.99 Å². The second kappa shape index (κ2) is 8.31. The van der Waals surface area contributed by atoms with Crippen molar-refractivity contribution in [3.05, 3.63) is 59.2 Å². The number of nitrogens with one attached hydrogen (secondary N) is 2. The van der Waals surface area contributed by atoms with Gasteiger partial charge in [-0.3, -0.25) is 9.79 Å². The van der Waals surface area contributed by atoms with Crippen LogP contribution in [0.25, 0.3) is 0 Å². The number of carbonyl (C=O) groups excluding carboxylic acids is 1. The Morgan fingerprint density at radius 1 is 1.23 bits per heavy atom. The number of sulfone groups is 1. The van der Waals surface area contributed by atoms with Crippen LogP contribution in [0.5, 0.6) is 5.75 Å². The van der Waals surface area contributed by atoms with E-state index in [4.69, 9.17) is 4.74 Å². The topological polar surface area (TPSA) is 96.9 Å². The lowest BCUT2D eigenvalue weighted by molar-refractivity contribution is 0.0950. The van der Waals surface area contributed by atoms with Crippen molar-refractivity contribution >= 4 is 38.4 Å². The summed E-state index contributed by atoms with van der Waals surface area (Å²) in [7, 11) is -1.38. The van der Waals surface area contributed by atoms with Crippen molar-refractivity contribution in [3.63, 3.8) is 0 Å². The lowest BCUT2D eigenvalue weighted by Gasteiger charge is -2.13. The number of hydrogen-bond acceptors (Lipinski definition) is 7. The maximum atomic E-state index is 12.7. The van der Waals surface area contributed by atoms with Crippen molar-refractivity contribution in [2.75, 3.05) is 23.9 Å². The summed E-state index contributed by atoms with van der Waals surface area (Å²) in [5, 5.41) is 6.87. The van der Waals surface area contributed by atoms with Crippen LogP contribution in [-0.4, -0.2) is 49.4 Å². The molecule has 158 valence electrons. The van der Waals surface area contributed by atoms with Gasteiger partial charge in [-0.1, -0.05) is 36.0 Å². The highest BCUT2D eigenvalue weighted by molar-refractivity contribution is 8.15. The van der Waals surface area contributed by atoms with E-state index in [0.717, 1.165) is 22.6 Å². The number of methoxy groups -OCH3 is 1. The Morgan fingerprint density at radius 3 is 2.80 bits per heavy atom. The van der Waals surface area contributed by atoms with Gasteiger partial charge < -0.3 is 15.4 Å². The Balaban J connectivity index is 1.44. The highest BCUT2D eigenvalue weighted by Gasteiger charge is 2.42. The number of para-hydroxylation sites is 1. The number of anilines is 1. The summed E-state index contributed by atoms with van der Waals surface area (Å²) in [4.78, 5) is 17.2. The van der Waals surface area contributed by atoms with Crippen LogP contribution < -0.4 is 15.4 Å². The Hall–Kier alpha value is -2.52. The molecule has 30 heavy (non-hydrogen) atoms. The highest BCUT2D eigenvalue weighted by atomic mass is 32.2. The molecule has 0 bridgehead atoms. The molecule has 2 aromatic carbocycles. The first-order valence-electron chi connectivity index (χ1n) is 9.57. The number of amidine groups is 1. The summed E-state index contributed by atoms with van der Waals surface area (Å²) in [5.41, 5.74) is 3.19. The maximum Gasteiger partial charge on any atom is 0.251 e. The van der Waals surface area contributed by atoms with E-state index in [1.54, 1.807) is 19.2 Å². The fraction of sp³-hybridized carbons (Fsp3) is 0.333. The molecular weight excluding hydrogens is 422 g/mol. The summed E-state index contributed by atoms with van der Waals surface area (Å²) in [6, 6.07) is 12.8. The van der Waals surface area contributed by atoms with Gasteiger partial charge in [0.1, 0.15) is 5.75 Å².